The first kappa shape index (κ1) is 67.6. The molecule has 10 heteroatoms. The summed E-state index contributed by atoms with van der Waals surface area (Å²) in [7, 11) is 16.8. The second-order valence-electron chi connectivity index (χ2n) is 18.5. The van der Waals surface area contributed by atoms with Gasteiger partial charge in [0, 0.05) is 17.2 Å². The summed E-state index contributed by atoms with van der Waals surface area (Å²) in [5.74, 6) is 9.06. The first-order valence-electron chi connectivity index (χ1n) is 25.5. The van der Waals surface area contributed by atoms with Crippen LogP contribution < -0.4 is 47.4 Å². The highest BCUT2D eigenvalue weighted by molar-refractivity contribution is 5.48. The molecule has 0 aromatic heterocycles. The van der Waals surface area contributed by atoms with Gasteiger partial charge >= 0.3 is 0 Å². The maximum Gasteiger partial charge on any atom is 0.125 e. The maximum atomic E-state index is 5.21. The molecule has 0 radical (unpaired) electrons. The van der Waals surface area contributed by atoms with Crippen molar-refractivity contribution < 1.29 is 47.4 Å². The molecule has 0 atom stereocenters. The molecule has 0 aliphatic heterocycles. The van der Waals surface area contributed by atoms with Gasteiger partial charge in [0.2, 0.25) is 0 Å². The van der Waals surface area contributed by atoms with Crippen LogP contribution in [-0.4, -0.2) is 71.1 Å². The Labute approximate surface area is 464 Å². The van der Waals surface area contributed by atoms with Crippen molar-refractivity contribution in [1.82, 2.24) is 0 Å². The van der Waals surface area contributed by atoms with Crippen LogP contribution in [0, 0.1) is 104 Å². The van der Waals surface area contributed by atoms with Crippen molar-refractivity contribution in [2.75, 3.05) is 71.1 Å². The van der Waals surface area contributed by atoms with Crippen LogP contribution in [0.5, 0.6) is 57.5 Å². The van der Waals surface area contributed by atoms with Gasteiger partial charge in [-0.1, -0.05) is 30.3 Å². The second kappa shape index (κ2) is 35.0. The van der Waals surface area contributed by atoms with Gasteiger partial charge in [-0.25, -0.2) is 0 Å². The van der Waals surface area contributed by atoms with Crippen molar-refractivity contribution >= 4 is 0 Å². The Morgan fingerprint density at radius 3 is 0.883 bits per heavy atom. The molecule has 0 amide bonds. The van der Waals surface area contributed by atoms with Gasteiger partial charge in [-0.05, 0) is 243 Å². The largest absolute Gasteiger partial charge is 0.497 e. The molecule has 7 aromatic carbocycles. The van der Waals surface area contributed by atoms with Crippen LogP contribution in [0.4, 0.5) is 0 Å². The summed E-state index contributed by atoms with van der Waals surface area (Å²) in [5, 5.41) is 0. The smallest absolute Gasteiger partial charge is 0.125 e. The average Bonchev–Trinajstić information content (AvgIpc) is 3.42. The summed E-state index contributed by atoms with van der Waals surface area (Å²) in [4.78, 5) is 0. The van der Waals surface area contributed by atoms with Crippen molar-refractivity contribution in [1.29, 1.82) is 0 Å². The van der Waals surface area contributed by atoms with Crippen LogP contribution in [0.1, 0.15) is 83.5 Å². The van der Waals surface area contributed by atoms with Crippen LogP contribution in [0.2, 0.25) is 0 Å². The Kier molecular flexibility index (Phi) is 30.7. The highest BCUT2D eigenvalue weighted by Gasteiger charge is 2.07. The maximum absolute atomic E-state index is 5.21. The predicted molar refractivity (Wildman–Crippen MR) is 322 cm³/mol. The van der Waals surface area contributed by atoms with Gasteiger partial charge in [-0.2, -0.15) is 0 Å². The molecule has 0 N–H and O–H groups in total. The molecule has 0 aliphatic rings. The Bertz CT molecular complexity index is 2810. The second-order valence-corrected chi connectivity index (χ2v) is 18.5. The summed E-state index contributed by atoms with van der Waals surface area (Å²) in [5.41, 5.74) is 18.4. The molecule has 0 saturated carbocycles. The minimum atomic E-state index is 0.843. The van der Waals surface area contributed by atoms with Gasteiger partial charge in [0.05, 0.1) is 71.1 Å². The number of aryl methyl sites for hydroxylation is 9. The number of hydrogen-bond acceptors (Lipinski definition) is 10. The third-order valence-corrected chi connectivity index (χ3v) is 13.2. The van der Waals surface area contributed by atoms with E-state index in [1.807, 2.05) is 101 Å². The summed E-state index contributed by atoms with van der Waals surface area (Å²) in [6, 6.07) is 34.1. The van der Waals surface area contributed by atoms with E-state index in [0.29, 0.717) is 0 Å². The van der Waals surface area contributed by atoms with E-state index in [-0.39, 0.29) is 0 Å². The van der Waals surface area contributed by atoms with E-state index in [2.05, 4.69) is 106 Å². The molecular weight excluding hydrogens is 965 g/mol. The third-order valence-electron chi connectivity index (χ3n) is 13.2. The zero-order chi connectivity index (χ0) is 58.5. The van der Waals surface area contributed by atoms with Crippen LogP contribution in [0.25, 0.3) is 0 Å². The molecule has 0 unspecified atom stereocenters. The molecule has 77 heavy (non-hydrogen) atoms. The molecule has 7 aromatic rings. The molecule has 0 fully saturated rings. The Balaban J connectivity index is 0.000000450. The Morgan fingerprint density at radius 2 is 0.494 bits per heavy atom. The summed E-state index contributed by atoms with van der Waals surface area (Å²) in [6.07, 6.45) is 0. The van der Waals surface area contributed by atoms with Crippen molar-refractivity contribution in [3.8, 4) is 57.5 Å². The highest BCUT2D eigenvalue weighted by Crippen LogP contribution is 2.30. The molecule has 10 nitrogen and oxygen atoms in total. The fourth-order valence-electron chi connectivity index (χ4n) is 7.49. The van der Waals surface area contributed by atoms with Gasteiger partial charge < -0.3 is 47.4 Å². The first-order chi connectivity index (χ1) is 36.4. The van der Waals surface area contributed by atoms with E-state index >= 15 is 0 Å². The minimum Gasteiger partial charge on any atom is -0.497 e. The van der Waals surface area contributed by atoms with E-state index in [1.54, 1.807) is 71.1 Å². The van der Waals surface area contributed by atoms with Crippen molar-refractivity contribution in [2.24, 2.45) is 0 Å². The first-order valence-corrected chi connectivity index (χ1v) is 25.5. The molecule has 0 aliphatic carbocycles. The van der Waals surface area contributed by atoms with Crippen LogP contribution in [-0.2, 0) is 0 Å². The van der Waals surface area contributed by atoms with Gasteiger partial charge in [-0.15, -0.1) is 0 Å². The standard InChI is InChI=1S/2C10H14O2.2C10H14O.C9H12O2.2C9H12O/c1-7-5-9(11-3)6-10(12-4)8(7)2;1-7-5-9(11-3)8(2)10(6-7)12-4;1-7-5-10(11-4)6-8(2)9(7)3;1-7-5-8(2)9(3)10(6-7)11-4;1-7-8(10-2)5-4-6-9(7)11-3;1-7-4-5-9(10-3)6-8(7)2;1-7-5-4-6-9(10-3)8(7)2/h2*5-6H,1-4H3;2*5-6H,1-4H3;4-6H,1-3H3;2*4-6H,1-3H3. The minimum absolute atomic E-state index is 0.843. The normalized spacial score (nSPS) is 9.62. The van der Waals surface area contributed by atoms with E-state index in [9.17, 15) is 0 Å². The van der Waals surface area contributed by atoms with E-state index in [0.717, 1.165) is 74.2 Å². The molecule has 0 spiro atoms. The van der Waals surface area contributed by atoms with E-state index in [4.69, 9.17) is 47.4 Å². The SMILES string of the molecule is COc1cc(C)c(C)c(C)c1.COc1cc(C)c(C)c(OC)c1.COc1cc(C)cc(C)c1C.COc1cc(C)cc(OC)c1C.COc1ccc(C)c(C)c1.COc1cccc(C)c1C.COc1cccc(OC)c1C. The van der Waals surface area contributed by atoms with Crippen LogP contribution >= 0.6 is 0 Å². The quantitative estimate of drug-likeness (QED) is 0.132. The highest BCUT2D eigenvalue weighted by atomic mass is 16.5. The zero-order valence-electron chi connectivity index (χ0n) is 51.4. The Hall–Kier alpha value is -7.46. The van der Waals surface area contributed by atoms with Gasteiger partial charge in [0.1, 0.15) is 57.5 Å². The monoisotopic (exact) mass is 1060 g/mol. The lowest BCUT2D eigenvalue weighted by atomic mass is 10.0. The molecule has 0 heterocycles. The summed E-state index contributed by atoms with van der Waals surface area (Å²) < 4.78 is 51.4. The van der Waals surface area contributed by atoms with Crippen LogP contribution in [0.3, 0.4) is 0 Å². The van der Waals surface area contributed by atoms with Gasteiger partial charge in [0.15, 0.2) is 0 Å². The third kappa shape index (κ3) is 22.0. The molecule has 0 bridgehead atoms. The number of benzene rings is 7. The lowest BCUT2D eigenvalue weighted by molar-refractivity contribution is 0.388. The van der Waals surface area contributed by atoms with Crippen molar-refractivity contribution in [2.45, 2.75) is 104 Å². The van der Waals surface area contributed by atoms with Gasteiger partial charge in [0.25, 0.3) is 0 Å². The summed E-state index contributed by atoms with van der Waals surface area (Å²) in [6.45, 7) is 31.0. The summed E-state index contributed by atoms with van der Waals surface area (Å²) >= 11 is 0. The lowest BCUT2D eigenvalue weighted by Crippen LogP contribution is -1.93. The van der Waals surface area contributed by atoms with Crippen molar-refractivity contribution in [3.05, 3.63) is 187 Å². The molecule has 7 rings (SSSR count). The fraction of sp³-hybridized carbons (Fsp3) is 0.373. The topological polar surface area (TPSA) is 92.3 Å². The van der Waals surface area contributed by atoms with E-state index in [1.165, 1.54) is 66.8 Å². The fourth-order valence-corrected chi connectivity index (χ4v) is 7.49. The van der Waals surface area contributed by atoms with Gasteiger partial charge in [-0.3, -0.25) is 0 Å². The van der Waals surface area contributed by atoms with Crippen molar-refractivity contribution in [3.63, 3.8) is 0 Å². The number of methoxy groups -OCH3 is 10. The number of ether oxygens (including phenoxy) is 10. The molecule has 420 valence electrons. The van der Waals surface area contributed by atoms with E-state index < -0.39 is 0 Å². The number of hydrogen-bond donors (Lipinski definition) is 0. The molecular formula is C67H92O10. The predicted octanol–water partition coefficient (Wildman–Crippen LogP) is 16.5. The Morgan fingerprint density at radius 1 is 0.195 bits per heavy atom. The average molecular weight is 1060 g/mol. The van der Waals surface area contributed by atoms with Crippen LogP contribution in [0.15, 0.2) is 103 Å². The number of rotatable bonds is 10. The molecule has 0 saturated heterocycles. The zero-order valence-corrected chi connectivity index (χ0v) is 51.4. The lowest BCUT2D eigenvalue weighted by Gasteiger charge is -2.10.